The maximum atomic E-state index is 12.4. The molecule has 0 bridgehead atoms. The Hall–Kier alpha value is -2.23. The number of nitrogens with one attached hydrogen (secondary N) is 2. The largest absolute Gasteiger partial charge is 0.463 e. The van der Waals surface area contributed by atoms with Crippen LogP contribution in [0.15, 0.2) is 24.3 Å². The highest BCUT2D eigenvalue weighted by atomic mass is 16.5. The number of esters is 2. The molecular weight excluding hydrogens is 628 g/mol. The number of carbonyl (C=O) groups is 3. The van der Waals surface area contributed by atoms with Crippen LogP contribution in [0.2, 0.25) is 0 Å². The molecule has 0 aromatic heterocycles. The molecule has 6 N–H and O–H groups in total. The Bertz CT molecular complexity index is 795. The van der Waals surface area contributed by atoms with Gasteiger partial charge in [-0.3, -0.25) is 19.7 Å². The van der Waals surface area contributed by atoms with Crippen LogP contribution < -0.4 is 22.1 Å². The molecule has 0 heterocycles. The summed E-state index contributed by atoms with van der Waals surface area (Å²) in [5.74, 6) is -0.865. The van der Waals surface area contributed by atoms with Crippen LogP contribution in [0.3, 0.4) is 0 Å². The van der Waals surface area contributed by atoms with E-state index in [1.54, 1.807) is 0 Å². The molecular formula is C41H78N4O5. The first-order chi connectivity index (χ1) is 24.4. The predicted molar refractivity (Wildman–Crippen MR) is 208 cm³/mol. The molecule has 0 aliphatic heterocycles. The Morgan fingerprint density at radius 1 is 0.520 bits per heavy atom. The highest BCUT2D eigenvalue weighted by Crippen LogP contribution is 2.12. The molecule has 292 valence electrons. The van der Waals surface area contributed by atoms with E-state index in [0.717, 1.165) is 64.2 Å². The van der Waals surface area contributed by atoms with E-state index in [4.69, 9.17) is 20.9 Å². The first-order valence-electron chi connectivity index (χ1n) is 20.5. The fourth-order valence-electron chi connectivity index (χ4n) is 5.64. The van der Waals surface area contributed by atoms with Crippen molar-refractivity contribution in [3.8, 4) is 0 Å². The maximum absolute atomic E-state index is 12.4. The minimum absolute atomic E-state index is 0.0417. The number of nitrogens with two attached hydrogens (primary N) is 2. The zero-order chi connectivity index (χ0) is 36.8. The van der Waals surface area contributed by atoms with Gasteiger partial charge in [0, 0.05) is 25.8 Å². The van der Waals surface area contributed by atoms with Crippen molar-refractivity contribution in [2.75, 3.05) is 19.8 Å². The van der Waals surface area contributed by atoms with E-state index in [-0.39, 0.29) is 37.5 Å². The molecule has 50 heavy (non-hydrogen) atoms. The molecule has 9 nitrogen and oxygen atoms in total. The number of amides is 1. The van der Waals surface area contributed by atoms with Gasteiger partial charge in [0.25, 0.3) is 0 Å². The van der Waals surface area contributed by atoms with Crippen molar-refractivity contribution in [1.29, 1.82) is 0 Å². The third-order valence-electron chi connectivity index (χ3n) is 8.77. The van der Waals surface area contributed by atoms with Gasteiger partial charge in [0.05, 0.1) is 6.04 Å². The van der Waals surface area contributed by atoms with E-state index < -0.39 is 12.3 Å². The summed E-state index contributed by atoms with van der Waals surface area (Å²) in [6.45, 7) is 4.72. The number of hydrogen-bond donors (Lipinski definition) is 4. The van der Waals surface area contributed by atoms with Gasteiger partial charge in [0.1, 0.15) is 19.5 Å². The van der Waals surface area contributed by atoms with E-state index in [1.165, 1.54) is 89.9 Å². The number of ether oxygens (including phenoxy) is 2. The summed E-state index contributed by atoms with van der Waals surface area (Å²) in [5.41, 5.74) is 11.0. The maximum Gasteiger partial charge on any atom is 0.305 e. The summed E-state index contributed by atoms with van der Waals surface area (Å²) in [4.78, 5) is 37.2. The second kappa shape index (κ2) is 38.0. The molecule has 0 atom stereocenters. The van der Waals surface area contributed by atoms with Gasteiger partial charge in [-0.2, -0.15) is 0 Å². The Morgan fingerprint density at radius 3 is 1.26 bits per heavy atom. The lowest BCUT2D eigenvalue weighted by molar-refractivity contribution is -0.149. The molecule has 0 saturated carbocycles. The summed E-state index contributed by atoms with van der Waals surface area (Å²) < 4.78 is 10.9. The lowest BCUT2D eigenvalue weighted by Gasteiger charge is -2.19. The third kappa shape index (κ3) is 37.0. The smallest absolute Gasteiger partial charge is 0.305 e. The minimum atomic E-state index is -0.709. The Labute approximate surface area is 306 Å². The fraction of sp³-hybridized carbons (Fsp3) is 0.829. The SMILES string of the molecule is CCCCCCCC=CCCCCCCCC(=O)OCC(COC(=O)CCCCCCCC=CCCCCCCC)NC(=O)CCNC(N)N. The summed E-state index contributed by atoms with van der Waals surface area (Å²) in [6, 6.07) is -0.615. The fourth-order valence-corrected chi connectivity index (χ4v) is 5.64. The second-order valence-electron chi connectivity index (χ2n) is 13.8. The van der Waals surface area contributed by atoms with Gasteiger partial charge in [-0.25, -0.2) is 0 Å². The summed E-state index contributed by atoms with van der Waals surface area (Å²) >= 11 is 0. The number of unbranched alkanes of at least 4 members (excludes halogenated alkanes) is 20. The lowest BCUT2D eigenvalue weighted by atomic mass is 10.1. The molecule has 1 amide bonds. The van der Waals surface area contributed by atoms with Crippen LogP contribution in [0, 0.1) is 0 Å². The molecule has 0 radical (unpaired) electrons. The summed E-state index contributed by atoms with van der Waals surface area (Å²) in [7, 11) is 0. The quantitative estimate of drug-likeness (QED) is 0.0217. The highest BCUT2D eigenvalue weighted by Gasteiger charge is 2.17. The first-order valence-corrected chi connectivity index (χ1v) is 20.5. The zero-order valence-corrected chi connectivity index (χ0v) is 32.4. The van der Waals surface area contributed by atoms with E-state index in [9.17, 15) is 14.4 Å². The monoisotopic (exact) mass is 707 g/mol. The second-order valence-corrected chi connectivity index (χ2v) is 13.8. The van der Waals surface area contributed by atoms with E-state index >= 15 is 0 Å². The van der Waals surface area contributed by atoms with E-state index in [2.05, 4.69) is 48.8 Å². The molecule has 0 rings (SSSR count). The normalized spacial score (nSPS) is 12.3. The zero-order valence-electron chi connectivity index (χ0n) is 32.4. The van der Waals surface area contributed by atoms with Crippen LogP contribution in [-0.2, 0) is 23.9 Å². The molecule has 0 saturated heterocycles. The van der Waals surface area contributed by atoms with Crippen molar-refractivity contribution >= 4 is 17.8 Å². The van der Waals surface area contributed by atoms with E-state index in [1.807, 2.05) is 0 Å². The average Bonchev–Trinajstić information content (AvgIpc) is 3.09. The van der Waals surface area contributed by atoms with Crippen LogP contribution >= 0.6 is 0 Å². The summed E-state index contributed by atoms with van der Waals surface area (Å²) in [6.07, 6.45) is 37.7. The van der Waals surface area contributed by atoms with Crippen LogP contribution in [-0.4, -0.2) is 49.9 Å². The van der Waals surface area contributed by atoms with Gasteiger partial charge in [-0.15, -0.1) is 0 Å². The van der Waals surface area contributed by atoms with Gasteiger partial charge in [0.2, 0.25) is 5.91 Å². The van der Waals surface area contributed by atoms with Crippen molar-refractivity contribution in [2.45, 2.75) is 200 Å². The average molecular weight is 707 g/mol. The van der Waals surface area contributed by atoms with Crippen molar-refractivity contribution in [1.82, 2.24) is 10.6 Å². The van der Waals surface area contributed by atoms with Crippen molar-refractivity contribution in [3.05, 3.63) is 24.3 Å². The van der Waals surface area contributed by atoms with Gasteiger partial charge >= 0.3 is 11.9 Å². The van der Waals surface area contributed by atoms with Crippen molar-refractivity contribution < 1.29 is 23.9 Å². The number of carbonyl (C=O) groups excluding carboxylic acids is 3. The molecule has 0 fully saturated rings. The van der Waals surface area contributed by atoms with Crippen molar-refractivity contribution in [3.63, 3.8) is 0 Å². The molecule has 0 aliphatic carbocycles. The van der Waals surface area contributed by atoms with Gasteiger partial charge in [-0.1, -0.05) is 128 Å². The first kappa shape index (κ1) is 47.8. The molecule has 0 aliphatic rings. The molecule has 0 aromatic rings. The van der Waals surface area contributed by atoms with Crippen LogP contribution in [0.25, 0.3) is 0 Å². The molecule has 9 heteroatoms. The molecule has 0 spiro atoms. The van der Waals surface area contributed by atoms with Crippen LogP contribution in [0.4, 0.5) is 0 Å². The molecule has 0 unspecified atom stereocenters. The summed E-state index contributed by atoms with van der Waals surface area (Å²) in [5, 5.41) is 5.60. The third-order valence-corrected chi connectivity index (χ3v) is 8.77. The van der Waals surface area contributed by atoms with Gasteiger partial charge in [-0.05, 0) is 64.2 Å². The van der Waals surface area contributed by atoms with Gasteiger partial charge in [0.15, 0.2) is 0 Å². The predicted octanol–water partition coefficient (Wildman–Crippen LogP) is 9.03. The number of rotatable bonds is 37. The Balaban J connectivity index is 4.17. The molecule has 0 aromatic carbocycles. The standard InChI is InChI=1S/C41H78N4O5/c1-3-5-7-9-11-13-15-17-19-21-23-25-27-29-31-39(47)49-35-37(45-38(46)33-34-44-41(42)43)36-50-40(48)32-30-28-26-24-22-20-18-16-14-12-10-8-6-4-2/h15-18,37,41,44H,3-14,19-36,42-43H2,1-2H3,(H,45,46). The topological polar surface area (TPSA) is 146 Å². The van der Waals surface area contributed by atoms with Crippen LogP contribution in [0.5, 0.6) is 0 Å². The van der Waals surface area contributed by atoms with Gasteiger partial charge < -0.3 is 26.3 Å². The highest BCUT2D eigenvalue weighted by molar-refractivity contribution is 5.76. The minimum Gasteiger partial charge on any atom is -0.463 e. The number of hydrogen-bond acceptors (Lipinski definition) is 8. The van der Waals surface area contributed by atoms with Crippen LogP contribution in [0.1, 0.15) is 187 Å². The Morgan fingerprint density at radius 2 is 0.880 bits per heavy atom. The lowest BCUT2D eigenvalue weighted by Crippen LogP contribution is -2.47. The van der Waals surface area contributed by atoms with Crippen molar-refractivity contribution in [2.24, 2.45) is 11.5 Å². The van der Waals surface area contributed by atoms with E-state index in [0.29, 0.717) is 19.4 Å². The Kier molecular flexibility index (Phi) is 36.3. The number of allylic oxidation sites excluding steroid dienone is 4.